The Morgan fingerprint density at radius 3 is 2.40 bits per heavy atom. The topological polar surface area (TPSA) is 57.6 Å². The number of nitrogens with zero attached hydrogens (tertiary/aromatic N) is 1. The molecule has 1 rings (SSSR count). The lowest BCUT2D eigenvalue weighted by molar-refractivity contribution is -0.137. The summed E-state index contributed by atoms with van der Waals surface area (Å²) in [5, 5.41) is 8.87. The Bertz CT molecular complexity index is 550. The van der Waals surface area contributed by atoms with Crippen LogP contribution >= 0.6 is 0 Å². The van der Waals surface area contributed by atoms with Crippen LogP contribution in [0.2, 0.25) is 0 Å². The minimum Gasteiger partial charge on any atom is -0.480 e. The van der Waals surface area contributed by atoms with Gasteiger partial charge in [0, 0.05) is 5.56 Å². The van der Waals surface area contributed by atoms with E-state index >= 15 is 0 Å². The van der Waals surface area contributed by atoms with E-state index in [2.05, 4.69) is 5.92 Å². The van der Waals surface area contributed by atoms with Crippen molar-refractivity contribution in [3.05, 3.63) is 35.4 Å². The molecule has 0 aliphatic heterocycles. The van der Waals surface area contributed by atoms with E-state index in [4.69, 9.17) is 11.5 Å². The van der Waals surface area contributed by atoms with Gasteiger partial charge in [-0.25, -0.2) is 0 Å². The molecule has 0 aliphatic rings. The van der Waals surface area contributed by atoms with E-state index in [1.165, 1.54) is 0 Å². The summed E-state index contributed by atoms with van der Waals surface area (Å²) >= 11 is 0. The lowest BCUT2D eigenvalue weighted by Crippen LogP contribution is -2.37. The average Bonchev–Trinajstić information content (AvgIpc) is 2.36. The first kappa shape index (κ1) is 15.8. The van der Waals surface area contributed by atoms with Gasteiger partial charge < -0.3 is 10.0 Å². The van der Waals surface area contributed by atoms with Gasteiger partial charge in [0.2, 0.25) is 0 Å². The molecule has 1 N–H and O–H groups in total. The average molecular weight is 273 g/mol. The molecular formula is C16H19NO3. The molecule has 0 atom stereocenters. The van der Waals surface area contributed by atoms with Crippen molar-refractivity contribution in [1.82, 2.24) is 4.90 Å². The normalized spacial score (nSPS) is 10.7. The van der Waals surface area contributed by atoms with Crippen molar-refractivity contribution >= 4 is 11.9 Å². The molecule has 0 heterocycles. The number of carbonyl (C=O) groups is 2. The number of aliphatic carboxylic acids is 1. The van der Waals surface area contributed by atoms with Crippen LogP contribution in [0.3, 0.4) is 0 Å². The molecule has 0 saturated heterocycles. The fourth-order valence-electron chi connectivity index (χ4n) is 1.97. The van der Waals surface area contributed by atoms with Crippen molar-refractivity contribution in [1.29, 1.82) is 0 Å². The monoisotopic (exact) mass is 273 g/mol. The van der Waals surface area contributed by atoms with Gasteiger partial charge in [0.25, 0.3) is 5.91 Å². The van der Waals surface area contributed by atoms with Crippen LogP contribution in [0, 0.1) is 12.3 Å². The first-order valence-electron chi connectivity index (χ1n) is 6.31. The van der Waals surface area contributed by atoms with Crippen LogP contribution in [-0.2, 0) is 10.2 Å². The highest BCUT2D eigenvalue weighted by Gasteiger charge is 2.25. The lowest BCUT2D eigenvalue weighted by Gasteiger charge is -2.25. The third-order valence-electron chi connectivity index (χ3n) is 2.86. The van der Waals surface area contributed by atoms with Gasteiger partial charge in [0.1, 0.15) is 6.54 Å². The zero-order valence-corrected chi connectivity index (χ0v) is 12.0. The van der Waals surface area contributed by atoms with E-state index in [-0.39, 0.29) is 17.9 Å². The zero-order valence-electron chi connectivity index (χ0n) is 12.0. The van der Waals surface area contributed by atoms with E-state index in [1.807, 2.05) is 32.9 Å². The second-order valence-electron chi connectivity index (χ2n) is 5.55. The second-order valence-corrected chi connectivity index (χ2v) is 5.55. The molecule has 1 aromatic carbocycles. The van der Waals surface area contributed by atoms with Crippen molar-refractivity contribution < 1.29 is 14.7 Å². The predicted octanol–water partition coefficient (Wildman–Crippen LogP) is 2.14. The number of terminal acetylenes is 1. The standard InChI is InChI=1S/C16H19NO3/c1-5-10-17(11-14(18)19)15(20)12-8-6-7-9-13(12)16(2,3)4/h1,6-9H,10-11H2,2-4H3,(H,18,19). The number of benzene rings is 1. The quantitative estimate of drug-likeness (QED) is 0.855. The van der Waals surface area contributed by atoms with E-state index in [1.54, 1.807) is 12.1 Å². The van der Waals surface area contributed by atoms with Crippen molar-refractivity contribution in [3.8, 4) is 12.3 Å². The molecular weight excluding hydrogens is 254 g/mol. The van der Waals surface area contributed by atoms with E-state index in [0.717, 1.165) is 10.5 Å². The first-order chi connectivity index (χ1) is 9.27. The number of hydrogen-bond acceptors (Lipinski definition) is 2. The van der Waals surface area contributed by atoms with Gasteiger partial charge in [-0.15, -0.1) is 6.42 Å². The Kier molecular flexibility index (Phi) is 4.93. The van der Waals surface area contributed by atoms with Crippen molar-refractivity contribution in [2.24, 2.45) is 0 Å². The van der Waals surface area contributed by atoms with Crippen molar-refractivity contribution in [3.63, 3.8) is 0 Å². The summed E-state index contributed by atoms with van der Waals surface area (Å²) in [6.45, 7) is 5.58. The maximum absolute atomic E-state index is 12.5. The van der Waals surface area contributed by atoms with Crippen LogP contribution in [0.15, 0.2) is 24.3 Å². The lowest BCUT2D eigenvalue weighted by atomic mass is 9.83. The highest BCUT2D eigenvalue weighted by molar-refractivity contribution is 5.97. The largest absolute Gasteiger partial charge is 0.480 e. The Labute approximate surface area is 119 Å². The molecule has 1 amide bonds. The Morgan fingerprint density at radius 2 is 1.90 bits per heavy atom. The van der Waals surface area contributed by atoms with Gasteiger partial charge in [0.15, 0.2) is 0 Å². The molecule has 0 saturated carbocycles. The molecule has 106 valence electrons. The van der Waals surface area contributed by atoms with Gasteiger partial charge in [-0.3, -0.25) is 9.59 Å². The summed E-state index contributed by atoms with van der Waals surface area (Å²) in [6.07, 6.45) is 5.21. The fourth-order valence-corrected chi connectivity index (χ4v) is 1.97. The molecule has 20 heavy (non-hydrogen) atoms. The number of carbonyl (C=O) groups excluding carboxylic acids is 1. The molecule has 0 spiro atoms. The molecule has 4 nitrogen and oxygen atoms in total. The molecule has 0 bridgehead atoms. The smallest absolute Gasteiger partial charge is 0.323 e. The van der Waals surface area contributed by atoms with E-state index < -0.39 is 12.5 Å². The van der Waals surface area contributed by atoms with Gasteiger partial charge in [-0.05, 0) is 17.0 Å². The number of hydrogen-bond donors (Lipinski definition) is 1. The van der Waals surface area contributed by atoms with Crippen molar-refractivity contribution in [2.75, 3.05) is 13.1 Å². The number of carboxylic acids is 1. The van der Waals surface area contributed by atoms with E-state index in [0.29, 0.717) is 5.56 Å². The number of carboxylic acid groups (broad SMARTS) is 1. The Balaban J connectivity index is 3.19. The van der Waals surface area contributed by atoms with Crippen LogP contribution in [0.4, 0.5) is 0 Å². The summed E-state index contributed by atoms with van der Waals surface area (Å²) in [4.78, 5) is 24.5. The molecule has 0 unspecified atom stereocenters. The number of amides is 1. The third kappa shape index (κ3) is 3.86. The van der Waals surface area contributed by atoms with E-state index in [9.17, 15) is 9.59 Å². The summed E-state index contributed by atoms with van der Waals surface area (Å²) in [5.74, 6) is 0.891. The Hall–Kier alpha value is -2.28. The second kappa shape index (κ2) is 6.25. The molecule has 0 fully saturated rings. The molecule has 4 heteroatoms. The molecule has 0 radical (unpaired) electrons. The highest BCUT2D eigenvalue weighted by Crippen LogP contribution is 2.26. The molecule has 0 aliphatic carbocycles. The SMILES string of the molecule is C#CCN(CC(=O)O)C(=O)c1ccccc1C(C)(C)C. The van der Waals surface area contributed by atoms with Crippen LogP contribution < -0.4 is 0 Å². The summed E-state index contributed by atoms with van der Waals surface area (Å²) < 4.78 is 0. The Morgan fingerprint density at radius 1 is 1.30 bits per heavy atom. The summed E-state index contributed by atoms with van der Waals surface area (Å²) in [6, 6.07) is 7.20. The zero-order chi connectivity index (χ0) is 15.3. The van der Waals surface area contributed by atoms with Gasteiger partial charge >= 0.3 is 5.97 Å². The summed E-state index contributed by atoms with van der Waals surface area (Å²) in [7, 11) is 0. The van der Waals surface area contributed by atoms with Gasteiger partial charge in [0.05, 0.1) is 6.54 Å². The summed E-state index contributed by atoms with van der Waals surface area (Å²) in [5.41, 5.74) is 1.16. The van der Waals surface area contributed by atoms with Crippen LogP contribution in [0.5, 0.6) is 0 Å². The van der Waals surface area contributed by atoms with Crippen LogP contribution in [-0.4, -0.2) is 35.0 Å². The van der Waals surface area contributed by atoms with Gasteiger partial charge in [-0.1, -0.05) is 44.9 Å². The fraction of sp³-hybridized carbons (Fsp3) is 0.375. The number of rotatable bonds is 4. The van der Waals surface area contributed by atoms with Gasteiger partial charge in [-0.2, -0.15) is 0 Å². The van der Waals surface area contributed by atoms with Crippen LogP contribution in [0.25, 0.3) is 0 Å². The maximum Gasteiger partial charge on any atom is 0.323 e. The maximum atomic E-state index is 12.5. The minimum atomic E-state index is -1.08. The van der Waals surface area contributed by atoms with Crippen LogP contribution in [0.1, 0.15) is 36.7 Å². The third-order valence-corrected chi connectivity index (χ3v) is 2.86. The predicted molar refractivity (Wildman–Crippen MR) is 77.5 cm³/mol. The molecule has 0 aromatic heterocycles. The van der Waals surface area contributed by atoms with Crippen molar-refractivity contribution in [2.45, 2.75) is 26.2 Å². The first-order valence-corrected chi connectivity index (χ1v) is 6.31. The molecule has 1 aromatic rings. The highest BCUT2D eigenvalue weighted by atomic mass is 16.4. The minimum absolute atomic E-state index is 0.0242.